The molecule has 2 atom stereocenters. The quantitative estimate of drug-likeness (QED) is 0.905. The molecular weight excluding hydrogens is 319 g/mol. The summed E-state index contributed by atoms with van der Waals surface area (Å²) in [5, 5.41) is 3.61. The highest BCUT2D eigenvalue weighted by atomic mass is 79.9. The molecule has 0 amide bonds. The van der Waals surface area contributed by atoms with Gasteiger partial charge >= 0.3 is 0 Å². The molecule has 1 saturated carbocycles. The van der Waals surface area contributed by atoms with Crippen molar-refractivity contribution in [1.82, 2.24) is 10.2 Å². The van der Waals surface area contributed by atoms with Crippen LogP contribution in [0.3, 0.4) is 0 Å². The van der Waals surface area contributed by atoms with Crippen LogP contribution in [0.2, 0.25) is 0 Å². The molecule has 1 aliphatic heterocycles. The third kappa shape index (κ3) is 2.92. The minimum Gasteiger partial charge on any atom is -0.311 e. The average Bonchev–Trinajstić information content (AvgIpc) is 3.17. The zero-order valence-corrected chi connectivity index (χ0v) is 13.7. The van der Waals surface area contributed by atoms with E-state index in [0.717, 1.165) is 35.6 Å². The summed E-state index contributed by atoms with van der Waals surface area (Å²) in [5.41, 5.74) is 1.27. The van der Waals surface area contributed by atoms with E-state index in [9.17, 15) is 4.39 Å². The highest BCUT2D eigenvalue weighted by Gasteiger charge is 2.47. The minimum absolute atomic E-state index is 0.161. The van der Waals surface area contributed by atoms with Crippen molar-refractivity contribution in [2.24, 2.45) is 5.92 Å². The Morgan fingerprint density at radius 3 is 2.80 bits per heavy atom. The lowest BCUT2D eigenvalue weighted by Crippen LogP contribution is -2.63. The summed E-state index contributed by atoms with van der Waals surface area (Å²) in [6.07, 6.45) is 2.66. The van der Waals surface area contributed by atoms with E-state index in [0.29, 0.717) is 6.04 Å². The van der Waals surface area contributed by atoms with Crippen LogP contribution in [-0.2, 0) is 6.54 Å². The zero-order chi connectivity index (χ0) is 14.3. The van der Waals surface area contributed by atoms with Gasteiger partial charge in [0.25, 0.3) is 0 Å². The molecule has 1 aliphatic carbocycles. The second-order valence-corrected chi connectivity index (χ2v) is 7.49. The Balaban J connectivity index is 1.82. The number of rotatable bonds is 3. The lowest BCUT2D eigenvalue weighted by molar-refractivity contribution is 0.0311. The zero-order valence-electron chi connectivity index (χ0n) is 12.1. The Kier molecular flexibility index (Phi) is 3.91. The summed E-state index contributed by atoms with van der Waals surface area (Å²) >= 11 is 3.39. The smallest absolute Gasteiger partial charge is 0.124 e. The first-order valence-corrected chi connectivity index (χ1v) is 8.20. The van der Waals surface area contributed by atoms with Crippen LogP contribution in [0.5, 0.6) is 0 Å². The average molecular weight is 341 g/mol. The lowest BCUT2D eigenvalue weighted by atomic mass is 9.89. The van der Waals surface area contributed by atoms with Crippen LogP contribution in [0.4, 0.5) is 4.39 Å². The molecule has 1 N–H and O–H groups in total. The van der Waals surface area contributed by atoms with Gasteiger partial charge in [0.15, 0.2) is 0 Å². The molecule has 0 radical (unpaired) electrons. The van der Waals surface area contributed by atoms with Gasteiger partial charge in [-0.2, -0.15) is 0 Å². The highest BCUT2D eigenvalue weighted by molar-refractivity contribution is 9.10. The van der Waals surface area contributed by atoms with E-state index in [4.69, 9.17) is 0 Å². The predicted molar refractivity (Wildman–Crippen MR) is 83.1 cm³/mol. The topological polar surface area (TPSA) is 15.3 Å². The molecule has 0 aromatic heterocycles. The maximum Gasteiger partial charge on any atom is 0.124 e. The molecule has 1 aromatic carbocycles. The molecule has 0 bridgehead atoms. The molecule has 1 aromatic rings. The lowest BCUT2D eigenvalue weighted by Gasteiger charge is -2.48. The first-order chi connectivity index (χ1) is 9.47. The molecule has 4 heteroatoms. The first kappa shape index (κ1) is 14.5. The normalized spacial score (nSPS) is 31.5. The monoisotopic (exact) mass is 340 g/mol. The number of benzene rings is 1. The minimum atomic E-state index is -0.161. The number of nitrogens with zero attached hydrogens (tertiary/aromatic N) is 1. The van der Waals surface area contributed by atoms with E-state index in [1.807, 2.05) is 6.07 Å². The van der Waals surface area contributed by atoms with E-state index in [-0.39, 0.29) is 11.4 Å². The largest absolute Gasteiger partial charge is 0.311 e. The van der Waals surface area contributed by atoms with Crippen molar-refractivity contribution in [2.45, 2.75) is 44.8 Å². The molecule has 2 fully saturated rings. The van der Waals surface area contributed by atoms with Gasteiger partial charge in [0.2, 0.25) is 0 Å². The number of halogens is 2. The van der Waals surface area contributed by atoms with Gasteiger partial charge in [0, 0.05) is 35.7 Å². The molecule has 2 aliphatic rings. The van der Waals surface area contributed by atoms with Crippen molar-refractivity contribution < 1.29 is 4.39 Å². The van der Waals surface area contributed by atoms with E-state index < -0.39 is 0 Å². The third-order valence-corrected chi connectivity index (χ3v) is 5.24. The maximum absolute atomic E-state index is 13.6. The van der Waals surface area contributed by atoms with Gasteiger partial charge in [-0.3, -0.25) is 4.90 Å². The van der Waals surface area contributed by atoms with Crippen LogP contribution in [-0.4, -0.2) is 29.6 Å². The Morgan fingerprint density at radius 1 is 1.40 bits per heavy atom. The van der Waals surface area contributed by atoms with Gasteiger partial charge in [-0.15, -0.1) is 0 Å². The fourth-order valence-corrected chi connectivity index (χ4v) is 3.88. The van der Waals surface area contributed by atoms with Crippen LogP contribution in [0.1, 0.15) is 32.3 Å². The summed E-state index contributed by atoms with van der Waals surface area (Å²) in [6, 6.07) is 5.71. The van der Waals surface area contributed by atoms with Gasteiger partial charge in [0.1, 0.15) is 5.82 Å². The molecule has 2 nitrogen and oxygen atoms in total. The van der Waals surface area contributed by atoms with Crippen LogP contribution >= 0.6 is 15.9 Å². The van der Waals surface area contributed by atoms with Gasteiger partial charge in [-0.25, -0.2) is 4.39 Å². The molecule has 3 rings (SSSR count). The Bertz CT molecular complexity index is 483. The van der Waals surface area contributed by atoms with E-state index in [2.05, 4.69) is 40.0 Å². The molecule has 1 heterocycles. The summed E-state index contributed by atoms with van der Waals surface area (Å²) in [7, 11) is 0. The van der Waals surface area contributed by atoms with E-state index >= 15 is 0 Å². The van der Waals surface area contributed by atoms with Crippen molar-refractivity contribution in [2.75, 3.05) is 13.1 Å². The third-order valence-electron chi connectivity index (χ3n) is 4.78. The van der Waals surface area contributed by atoms with Gasteiger partial charge < -0.3 is 5.32 Å². The van der Waals surface area contributed by atoms with E-state index in [1.54, 1.807) is 6.07 Å². The summed E-state index contributed by atoms with van der Waals surface area (Å²) in [5.74, 6) is 0.630. The molecule has 0 spiro atoms. The molecule has 20 heavy (non-hydrogen) atoms. The summed E-state index contributed by atoms with van der Waals surface area (Å²) in [6.45, 7) is 7.48. The summed E-state index contributed by atoms with van der Waals surface area (Å²) < 4.78 is 14.4. The van der Waals surface area contributed by atoms with Crippen molar-refractivity contribution in [1.29, 1.82) is 0 Å². The van der Waals surface area contributed by atoms with Crippen molar-refractivity contribution in [3.8, 4) is 0 Å². The molecular formula is C16H22BrFN2. The van der Waals surface area contributed by atoms with Crippen LogP contribution in [0, 0.1) is 11.7 Å². The number of nitrogens with one attached hydrogen (secondary N) is 1. The second-order valence-electron chi connectivity index (χ2n) is 6.57. The Morgan fingerprint density at radius 2 is 2.15 bits per heavy atom. The Labute approximate surface area is 128 Å². The SMILES string of the molecule is CC1CN(Cc2cc(F)cc(Br)c2)C(C)(C2CC2)CN1. The standard InChI is InChI=1S/C16H22BrFN2/c1-11-8-20(16(2,10-19-11)13-3-4-13)9-12-5-14(17)7-15(18)6-12/h5-7,11,13,19H,3-4,8-10H2,1-2H3. The fraction of sp³-hybridized carbons (Fsp3) is 0.625. The van der Waals surface area contributed by atoms with Crippen LogP contribution in [0.15, 0.2) is 22.7 Å². The van der Waals surface area contributed by atoms with Crippen molar-refractivity contribution in [3.05, 3.63) is 34.1 Å². The van der Waals surface area contributed by atoms with Gasteiger partial charge in [-0.1, -0.05) is 15.9 Å². The van der Waals surface area contributed by atoms with Gasteiger partial charge in [0.05, 0.1) is 0 Å². The summed E-state index contributed by atoms with van der Waals surface area (Å²) in [4.78, 5) is 2.55. The number of hydrogen-bond acceptors (Lipinski definition) is 2. The van der Waals surface area contributed by atoms with Crippen molar-refractivity contribution >= 4 is 15.9 Å². The second kappa shape index (κ2) is 5.39. The van der Waals surface area contributed by atoms with Gasteiger partial charge in [-0.05, 0) is 56.4 Å². The first-order valence-electron chi connectivity index (χ1n) is 7.41. The van der Waals surface area contributed by atoms with E-state index in [1.165, 1.54) is 18.9 Å². The fourth-order valence-electron chi connectivity index (χ4n) is 3.37. The molecule has 110 valence electrons. The van der Waals surface area contributed by atoms with Crippen LogP contribution < -0.4 is 5.32 Å². The number of piperazine rings is 1. The Hall–Kier alpha value is -0.450. The molecule has 1 saturated heterocycles. The van der Waals surface area contributed by atoms with Crippen molar-refractivity contribution in [3.63, 3.8) is 0 Å². The highest BCUT2D eigenvalue weighted by Crippen LogP contribution is 2.44. The van der Waals surface area contributed by atoms with Crippen LogP contribution in [0.25, 0.3) is 0 Å². The predicted octanol–water partition coefficient (Wildman–Crippen LogP) is 3.55. The molecule has 2 unspecified atom stereocenters. The number of hydrogen-bond donors (Lipinski definition) is 1. The maximum atomic E-state index is 13.6.